The number of hydrogen-bond acceptors (Lipinski definition) is 3. The Kier molecular flexibility index (Phi) is 3.29. The molecule has 0 fully saturated rings. The highest BCUT2D eigenvalue weighted by Crippen LogP contribution is 2.26. The first-order valence-electron chi connectivity index (χ1n) is 5.10. The zero-order valence-corrected chi connectivity index (χ0v) is 10.3. The minimum absolute atomic E-state index is 0.0180. The van der Waals surface area contributed by atoms with Crippen LogP contribution in [0, 0.1) is 18.6 Å². The Hall–Kier alpha value is -1.95. The number of benzene rings is 1. The molecule has 0 aliphatic rings. The summed E-state index contributed by atoms with van der Waals surface area (Å²) in [5, 5.41) is 2.28. The second kappa shape index (κ2) is 4.73. The lowest BCUT2D eigenvalue weighted by Crippen LogP contribution is -2.13. The van der Waals surface area contributed by atoms with Crippen molar-refractivity contribution in [2.75, 3.05) is 11.1 Å². The number of halogens is 2. The summed E-state index contributed by atoms with van der Waals surface area (Å²) < 4.78 is 26.5. The average Bonchev–Trinajstić information content (AvgIpc) is 2.76. The van der Waals surface area contributed by atoms with Crippen LogP contribution in [0.1, 0.15) is 14.5 Å². The van der Waals surface area contributed by atoms with Crippen molar-refractivity contribution in [2.24, 2.45) is 0 Å². The maximum absolute atomic E-state index is 13.5. The van der Waals surface area contributed by atoms with Crippen molar-refractivity contribution in [2.45, 2.75) is 6.92 Å². The Balaban J connectivity index is 2.30. The van der Waals surface area contributed by atoms with Crippen LogP contribution in [-0.2, 0) is 0 Å². The molecule has 0 radical (unpaired) electrons. The lowest BCUT2D eigenvalue weighted by atomic mass is 10.2. The molecule has 0 saturated heterocycles. The van der Waals surface area contributed by atoms with Crippen LogP contribution >= 0.6 is 11.3 Å². The fraction of sp³-hybridized carbons (Fsp3) is 0.0833. The molecule has 0 aliphatic carbocycles. The number of carbonyl (C=O) groups is 1. The van der Waals surface area contributed by atoms with Gasteiger partial charge >= 0.3 is 0 Å². The summed E-state index contributed by atoms with van der Waals surface area (Å²) in [6.45, 7) is 1.85. The largest absolute Gasteiger partial charge is 0.397 e. The summed E-state index contributed by atoms with van der Waals surface area (Å²) in [5.74, 6) is -2.72. The predicted molar refractivity (Wildman–Crippen MR) is 67.8 cm³/mol. The maximum atomic E-state index is 13.5. The smallest absolute Gasteiger partial charge is 0.265 e. The molecule has 0 atom stereocenters. The Morgan fingerprint density at radius 1 is 1.28 bits per heavy atom. The molecule has 1 amide bonds. The van der Waals surface area contributed by atoms with Gasteiger partial charge in [0.2, 0.25) is 0 Å². The van der Waals surface area contributed by atoms with Gasteiger partial charge in [-0.05, 0) is 31.2 Å². The van der Waals surface area contributed by atoms with Gasteiger partial charge in [-0.15, -0.1) is 11.3 Å². The fourth-order valence-corrected chi connectivity index (χ4v) is 2.19. The molecule has 1 heterocycles. The van der Waals surface area contributed by atoms with Gasteiger partial charge in [-0.3, -0.25) is 4.79 Å². The molecule has 1 aromatic heterocycles. The van der Waals surface area contributed by atoms with Crippen LogP contribution in [0.3, 0.4) is 0 Å². The summed E-state index contributed by atoms with van der Waals surface area (Å²) in [5.41, 5.74) is 5.16. The summed E-state index contributed by atoms with van der Waals surface area (Å²) in [6, 6.07) is 5.50. The molecule has 0 bridgehead atoms. The molecule has 94 valence electrons. The normalized spacial score (nSPS) is 10.4. The standard InChI is InChI=1S/C12H10F2N2OS/c1-6-2-5-9(18-6)12(17)16-11-8(15)4-3-7(13)10(11)14/h2-5H,15H2,1H3,(H,16,17). The van der Waals surface area contributed by atoms with E-state index in [1.165, 1.54) is 17.4 Å². The van der Waals surface area contributed by atoms with Crippen molar-refractivity contribution in [1.82, 2.24) is 0 Å². The van der Waals surface area contributed by atoms with E-state index in [1.54, 1.807) is 12.1 Å². The van der Waals surface area contributed by atoms with Crippen molar-refractivity contribution in [3.63, 3.8) is 0 Å². The minimum atomic E-state index is -1.16. The Labute approximate surface area is 106 Å². The van der Waals surface area contributed by atoms with E-state index in [0.29, 0.717) is 4.88 Å². The van der Waals surface area contributed by atoms with Crippen molar-refractivity contribution in [1.29, 1.82) is 0 Å². The highest BCUT2D eigenvalue weighted by molar-refractivity contribution is 7.14. The van der Waals surface area contributed by atoms with Gasteiger partial charge in [-0.2, -0.15) is 0 Å². The second-order valence-electron chi connectivity index (χ2n) is 3.69. The van der Waals surface area contributed by atoms with Crippen LogP contribution in [0.2, 0.25) is 0 Å². The molecule has 0 aliphatic heterocycles. The monoisotopic (exact) mass is 268 g/mol. The Morgan fingerprint density at radius 2 is 2.00 bits per heavy atom. The quantitative estimate of drug-likeness (QED) is 0.822. The minimum Gasteiger partial charge on any atom is -0.397 e. The SMILES string of the molecule is Cc1ccc(C(=O)Nc2c(N)ccc(F)c2F)s1. The average molecular weight is 268 g/mol. The molecule has 3 N–H and O–H groups in total. The van der Waals surface area contributed by atoms with Gasteiger partial charge in [0.25, 0.3) is 5.91 Å². The number of thiophene rings is 1. The molecule has 2 rings (SSSR count). The van der Waals surface area contributed by atoms with E-state index in [2.05, 4.69) is 5.32 Å². The fourth-order valence-electron chi connectivity index (χ4n) is 1.42. The topological polar surface area (TPSA) is 55.1 Å². The summed E-state index contributed by atoms with van der Waals surface area (Å²) in [4.78, 5) is 13.2. The number of nitrogens with two attached hydrogens (primary N) is 1. The molecule has 1 aromatic carbocycles. The first-order chi connectivity index (χ1) is 8.49. The predicted octanol–water partition coefficient (Wildman–Crippen LogP) is 3.17. The van der Waals surface area contributed by atoms with Crippen LogP contribution in [0.5, 0.6) is 0 Å². The van der Waals surface area contributed by atoms with Crippen LogP contribution in [0.4, 0.5) is 20.2 Å². The van der Waals surface area contributed by atoms with Gasteiger partial charge in [0.1, 0.15) is 5.69 Å². The zero-order chi connectivity index (χ0) is 13.3. The van der Waals surface area contributed by atoms with Crippen molar-refractivity contribution in [3.8, 4) is 0 Å². The van der Waals surface area contributed by atoms with Gasteiger partial charge in [-0.1, -0.05) is 0 Å². The third kappa shape index (κ3) is 2.33. The number of hydrogen-bond donors (Lipinski definition) is 2. The van der Waals surface area contributed by atoms with E-state index in [9.17, 15) is 13.6 Å². The molecular weight excluding hydrogens is 258 g/mol. The number of nitrogens with one attached hydrogen (secondary N) is 1. The molecule has 3 nitrogen and oxygen atoms in total. The molecular formula is C12H10F2N2OS. The maximum Gasteiger partial charge on any atom is 0.265 e. The molecule has 18 heavy (non-hydrogen) atoms. The first kappa shape index (κ1) is 12.5. The van der Waals surface area contributed by atoms with Gasteiger partial charge in [-0.25, -0.2) is 8.78 Å². The van der Waals surface area contributed by atoms with E-state index in [0.717, 1.165) is 10.9 Å². The van der Waals surface area contributed by atoms with Crippen molar-refractivity contribution >= 4 is 28.6 Å². The Bertz CT molecular complexity index is 610. The summed E-state index contributed by atoms with van der Waals surface area (Å²) >= 11 is 1.26. The van der Waals surface area contributed by atoms with Gasteiger partial charge < -0.3 is 11.1 Å². The number of amides is 1. The van der Waals surface area contributed by atoms with E-state index >= 15 is 0 Å². The van der Waals surface area contributed by atoms with E-state index in [4.69, 9.17) is 5.73 Å². The first-order valence-corrected chi connectivity index (χ1v) is 5.92. The van der Waals surface area contributed by atoms with Crippen LogP contribution in [-0.4, -0.2) is 5.91 Å². The number of aryl methyl sites for hydroxylation is 1. The Morgan fingerprint density at radius 3 is 2.61 bits per heavy atom. The lowest BCUT2D eigenvalue weighted by Gasteiger charge is -2.08. The van der Waals surface area contributed by atoms with Gasteiger partial charge in [0, 0.05) is 4.88 Å². The number of anilines is 2. The number of nitrogen functional groups attached to an aromatic ring is 1. The zero-order valence-electron chi connectivity index (χ0n) is 9.46. The number of carbonyl (C=O) groups excluding carboxylic acids is 1. The van der Waals surface area contributed by atoms with Gasteiger partial charge in [0.05, 0.1) is 10.6 Å². The van der Waals surface area contributed by atoms with Crippen molar-refractivity contribution < 1.29 is 13.6 Å². The summed E-state index contributed by atoms with van der Waals surface area (Å²) in [6.07, 6.45) is 0. The van der Waals surface area contributed by atoms with Crippen molar-refractivity contribution in [3.05, 3.63) is 45.7 Å². The third-order valence-electron chi connectivity index (χ3n) is 2.33. The van der Waals surface area contributed by atoms with E-state index in [1.807, 2.05) is 6.92 Å². The molecule has 0 unspecified atom stereocenters. The number of rotatable bonds is 2. The van der Waals surface area contributed by atoms with Gasteiger partial charge in [0.15, 0.2) is 11.6 Å². The lowest BCUT2D eigenvalue weighted by molar-refractivity contribution is 0.103. The second-order valence-corrected chi connectivity index (χ2v) is 4.98. The van der Waals surface area contributed by atoms with Crippen LogP contribution in [0.25, 0.3) is 0 Å². The van der Waals surface area contributed by atoms with E-state index < -0.39 is 17.5 Å². The molecule has 6 heteroatoms. The highest BCUT2D eigenvalue weighted by Gasteiger charge is 2.16. The highest BCUT2D eigenvalue weighted by atomic mass is 32.1. The third-order valence-corrected chi connectivity index (χ3v) is 3.33. The molecule has 0 spiro atoms. The molecule has 2 aromatic rings. The van der Waals surface area contributed by atoms with Crippen LogP contribution in [0.15, 0.2) is 24.3 Å². The molecule has 0 saturated carbocycles. The van der Waals surface area contributed by atoms with E-state index in [-0.39, 0.29) is 11.4 Å². The summed E-state index contributed by atoms with van der Waals surface area (Å²) in [7, 11) is 0. The van der Waals surface area contributed by atoms with Crippen LogP contribution < -0.4 is 11.1 Å².